The molecule has 3 rings (SSSR count). The summed E-state index contributed by atoms with van der Waals surface area (Å²) in [4.78, 5) is 11.7. The summed E-state index contributed by atoms with van der Waals surface area (Å²) in [6, 6.07) is 16.8. The highest BCUT2D eigenvalue weighted by Gasteiger charge is 2.18. The number of carbonyl (C=O) groups excluding carboxylic acids is 1. The number of nitriles is 1. The molecule has 0 aliphatic heterocycles. The number of benzene rings is 3. The van der Waals surface area contributed by atoms with Gasteiger partial charge in [-0.15, -0.1) is 0 Å². The van der Waals surface area contributed by atoms with Crippen LogP contribution in [-0.2, 0) is 6.42 Å². The number of nitrogens with two attached hydrogens (primary N) is 1. The van der Waals surface area contributed by atoms with Crippen LogP contribution in [0.3, 0.4) is 0 Å². The summed E-state index contributed by atoms with van der Waals surface area (Å²) in [6.45, 7) is 1.95. The van der Waals surface area contributed by atoms with Crippen molar-refractivity contribution in [2.45, 2.75) is 13.3 Å². The highest BCUT2D eigenvalue weighted by molar-refractivity contribution is 6.34. The van der Waals surface area contributed by atoms with E-state index in [1.807, 2.05) is 43.3 Å². The largest absolute Gasteiger partial charge is 0.496 e. The molecule has 4 nitrogen and oxygen atoms in total. The van der Waals surface area contributed by atoms with Crippen molar-refractivity contribution < 1.29 is 9.53 Å². The summed E-state index contributed by atoms with van der Waals surface area (Å²) in [5, 5.41) is 10.4. The molecule has 0 bridgehead atoms. The zero-order valence-corrected chi connectivity index (χ0v) is 17.4. The monoisotopic (exact) mass is 424 g/mol. The Hall–Kier alpha value is -3.00. The number of halogens is 2. The van der Waals surface area contributed by atoms with Gasteiger partial charge < -0.3 is 10.5 Å². The standard InChI is InChI=1S/C23H18Cl2N2O2/c1-13-16(19-12-22(29-2)20(23(27)28)11-21(19)25)7-8-18(17(13)9-10-26)14-3-5-15(24)6-4-14/h3-8,11-12H,9H2,1-2H3,(H2,27,28). The van der Waals surface area contributed by atoms with Crippen LogP contribution in [-0.4, -0.2) is 13.0 Å². The number of amides is 1. The van der Waals surface area contributed by atoms with E-state index in [0.29, 0.717) is 21.4 Å². The van der Waals surface area contributed by atoms with Crippen LogP contribution >= 0.6 is 23.2 Å². The predicted molar refractivity (Wildman–Crippen MR) is 116 cm³/mol. The summed E-state index contributed by atoms with van der Waals surface area (Å²) in [7, 11) is 1.47. The lowest BCUT2D eigenvalue weighted by molar-refractivity contribution is 0.0997. The van der Waals surface area contributed by atoms with Crippen LogP contribution in [0.5, 0.6) is 5.75 Å². The Kier molecular flexibility index (Phi) is 6.12. The van der Waals surface area contributed by atoms with Crippen LogP contribution < -0.4 is 10.5 Å². The molecule has 0 heterocycles. The van der Waals surface area contributed by atoms with Crippen molar-refractivity contribution in [2.75, 3.05) is 7.11 Å². The van der Waals surface area contributed by atoms with E-state index in [0.717, 1.165) is 27.8 Å². The van der Waals surface area contributed by atoms with E-state index in [4.69, 9.17) is 33.7 Å². The van der Waals surface area contributed by atoms with Crippen LogP contribution in [0.2, 0.25) is 10.0 Å². The van der Waals surface area contributed by atoms with E-state index in [-0.39, 0.29) is 12.0 Å². The average Bonchev–Trinajstić information content (AvgIpc) is 2.70. The minimum absolute atomic E-state index is 0.217. The predicted octanol–water partition coefficient (Wildman–Crippen LogP) is 5.81. The Morgan fingerprint density at radius 2 is 1.72 bits per heavy atom. The lowest BCUT2D eigenvalue weighted by atomic mass is 9.88. The molecular formula is C23H18Cl2N2O2. The van der Waals surface area contributed by atoms with Crippen molar-refractivity contribution in [2.24, 2.45) is 5.73 Å². The minimum atomic E-state index is -0.615. The van der Waals surface area contributed by atoms with Gasteiger partial charge in [0, 0.05) is 15.6 Å². The Labute approximate surface area is 179 Å². The van der Waals surface area contributed by atoms with E-state index in [1.54, 1.807) is 6.07 Å². The summed E-state index contributed by atoms with van der Waals surface area (Å²) in [6.07, 6.45) is 0.242. The van der Waals surface area contributed by atoms with Gasteiger partial charge in [-0.3, -0.25) is 4.79 Å². The van der Waals surface area contributed by atoms with Gasteiger partial charge >= 0.3 is 0 Å². The van der Waals surface area contributed by atoms with E-state index in [1.165, 1.54) is 13.2 Å². The van der Waals surface area contributed by atoms with Crippen molar-refractivity contribution in [3.05, 3.63) is 75.3 Å². The van der Waals surface area contributed by atoms with Crippen LogP contribution in [0.4, 0.5) is 0 Å². The number of hydrogen-bond donors (Lipinski definition) is 1. The zero-order chi connectivity index (χ0) is 21.1. The molecule has 2 N–H and O–H groups in total. The molecular weight excluding hydrogens is 407 g/mol. The fraction of sp³-hybridized carbons (Fsp3) is 0.130. The van der Waals surface area contributed by atoms with Gasteiger partial charge in [-0.25, -0.2) is 0 Å². The summed E-state index contributed by atoms with van der Waals surface area (Å²) < 4.78 is 5.32. The molecule has 0 unspecified atom stereocenters. The van der Waals surface area contributed by atoms with E-state index < -0.39 is 5.91 Å². The number of methoxy groups -OCH3 is 1. The maximum atomic E-state index is 11.7. The van der Waals surface area contributed by atoms with Gasteiger partial charge in [-0.2, -0.15) is 5.26 Å². The van der Waals surface area contributed by atoms with Crippen molar-refractivity contribution >= 4 is 29.1 Å². The van der Waals surface area contributed by atoms with Crippen molar-refractivity contribution in [1.82, 2.24) is 0 Å². The fourth-order valence-electron chi connectivity index (χ4n) is 3.38. The van der Waals surface area contributed by atoms with Crippen molar-refractivity contribution in [1.29, 1.82) is 5.26 Å². The lowest BCUT2D eigenvalue weighted by Gasteiger charge is -2.17. The second kappa shape index (κ2) is 8.57. The number of ether oxygens (including phenoxy) is 1. The third-order valence-corrected chi connectivity index (χ3v) is 5.42. The van der Waals surface area contributed by atoms with Gasteiger partial charge in [-0.1, -0.05) is 47.5 Å². The SMILES string of the molecule is COc1cc(-c2ccc(-c3ccc(Cl)cc3)c(CC#N)c2C)c(Cl)cc1C(N)=O. The molecule has 1 amide bonds. The third kappa shape index (κ3) is 4.07. The topological polar surface area (TPSA) is 76.1 Å². The van der Waals surface area contributed by atoms with Gasteiger partial charge in [0.15, 0.2) is 0 Å². The van der Waals surface area contributed by atoms with E-state index >= 15 is 0 Å². The van der Waals surface area contributed by atoms with Crippen LogP contribution in [0.1, 0.15) is 21.5 Å². The Morgan fingerprint density at radius 1 is 1.07 bits per heavy atom. The highest BCUT2D eigenvalue weighted by atomic mass is 35.5. The number of rotatable bonds is 5. The quantitative estimate of drug-likeness (QED) is 0.561. The normalized spacial score (nSPS) is 10.4. The first-order valence-corrected chi connectivity index (χ1v) is 9.56. The van der Waals surface area contributed by atoms with Gasteiger partial charge in [0.05, 0.1) is 25.2 Å². The molecule has 0 radical (unpaired) electrons. The maximum absolute atomic E-state index is 11.7. The van der Waals surface area contributed by atoms with E-state index in [9.17, 15) is 10.1 Å². The first kappa shape index (κ1) is 20.7. The molecule has 0 saturated heterocycles. The maximum Gasteiger partial charge on any atom is 0.252 e. The molecule has 0 spiro atoms. The van der Waals surface area contributed by atoms with Gasteiger partial charge in [0.1, 0.15) is 5.75 Å². The second-order valence-corrected chi connectivity index (χ2v) is 7.35. The average molecular weight is 425 g/mol. The molecule has 0 fully saturated rings. The zero-order valence-electron chi connectivity index (χ0n) is 15.9. The first-order valence-electron chi connectivity index (χ1n) is 8.80. The minimum Gasteiger partial charge on any atom is -0.496 e. The molecule has 146 valence electrons. The molecule has 0 atom stereocenters. The van der Waals surface area contributed by atoms with Gasteiger partial charge in [0.2, 0.25) is 0 Å². The molecule has 3 aromatic carbocycles. The lowest BCUT2D eigenvalue weighted by Crippen LogP contribution is -2.12. The molecule has 0 aromatic heterocycles. The van der Waals surface area contributed by atoms with Gasteiger partial charge in [0.25, 0.3) is 5.91 Å². The summed E-state index contributed by atoms with van der Waals surface area (Å²) in [5.74, 6) is -0.268. The summed E-state index contributed by atoms with van der Waals surface area (Å²) in [5.41, 5.74) is 10.9. The summed E-state index contributed by atoms with van der Waals surface area (Å²) >= 11 is 12.5. The molecule has 3 aromatic rings. The molecule has 0 saturated carbocycles. The number of primary amides is 1. The van der Waals surface area contributed by atoms with Crippen LogP contribution in [0.15, 0.2) is 48.5 Å². The van der Waals surface area contributed by atoms with Crippen molar-refractivity contribution in [3.8, 4) is 34.1 Å². The Morgan fingerprint density at radius 3 is 2.31 bits per heavy atom. The third-order valence-electron chi connectivity index (χ3n) is 4.85. The Balaban J connectivity index is 2.22. The molecule has 0 aliphatic rings. The van der Waals surface area contributed by atoms with Crippen molar-refractivity contribution in [3.63, 3.8) is 0 Å². The number of nitrogens with zero attached hydrogens (tertiary/aromatic N) is 1. The number of hydrogen-bond acceptors (Lipinski definition) is 3. The smallest absolute Gasteiger partial charge is 0.252 e. The van der Waals surface area contributed by atoms with Gasteiger partial charge in [-0.05, 0) is 59.0 Å². The van der Waals surface area contributed by atoms with Crippen LogP contribution in [0, 0.1) is 18.3 Å². The molecule has 29 heavy (non-hydrogen) atoms. The second-order valence-electron chi connectivity index (χ2n) is 6.50. The van der Waals surface area contributed by atoms with E-state index in [2.05, 4.69) is 6.07 Å². The molecule has 6 heteroatoms. The highest BCUT2D eigenvalue weighted by Crippen LogP contribution is 2.39. The fourth-order valence-corrected chi connectivity index (χ4v) is 3.77. The first-order chi connectivity index (χ1) is 13.9. The van der Waals surface area contributed by atoms with Crippen LogP contribution in [0.25, 0.3) is 22.3 Å². The Bertz CT molecular complexity index is 1130. The molecule has 0 aliphatic carbocycles. The number of carbonyl (C=O) groups is 1.